The van der Waals surface area contributed by atoms with Crippen LogP contribution in [0.2, 0.25) is 0 Å². The van der Waals surface area contributed by atoms with Gasteiger partial charge in [0.25, 0.3) is 5.91 Å². The van der Waals surface area contributed by atoms with Crippen molar-refractivity contribution in [3.63, 3.8) is 0 Å². The summed E-state index contributed by atoms with van der Waals surface area (Å²) in [6.07, 6.45) is 0. The normalized spacial score (nSPS) is 10.9. The van der Waals surface area contributed by atoms with Gasteiger partial charge < -0.3 is 4.90 Å². The Labute approximate surface area is 127 Å². The summed E-state index contributed by atoms with van der Waals surface area (Å²) in [5, 5.41) is 13.1. The Morgan fingerprint density at radius 2 is 1.95 bits per heavy atom. The molecule has 3 rings (SSSR count). The minimum absolute atomic E-state index is 0.217. The summed E-state index contributed by atoms with van der Waals surface area (Å²) < 4.78 is 2.50. The molecule has 0 N–H and O–H groups in total. The van der Waals surface area contributed by atoms with Crippen molar-refractivity contribution in [2.45, 2.75) is 0 Å². The monoisotopic (exact) mass is 351 g/mol. The fourth-order valence-electron chi connectivity index (χ4n) is 1.66. The fourth-order valence-corrected chi connectivity index (χ4v) is 2.77. The number of aromatic nitrogens is 4. The molecule has 0 fully saturated rings. The van der Waals surface area contributed by atoms with E-state index < -0.39 is 0 Å². The number of fused-ring (bicyclic) bond motifs is 1. The van der Waals surface area contributed by atoms with Crippen molar-refractivity contribution in [2.24, 2.45) is 0 Å². The summed E-state index contributed by atoms with van der Waals surface area (Å²) >= 11 is 4.80. The van der Waals surface area contributed by atoms with Crippen molar-refractivity contribution in [3.05, 3.63) is 34.6 Å². The lowest BCUT2D eigenvalue weighted by molar-refractivity contribution is 0.0813. The van der Waals surface area contributed by atoms with Gasteiger partial charge in [0, 0.05) is 24.1 Å². The summed E-state index contributed by atoms with van der Waals surface area (Å²) in [5.41, 5.74) is 0.979. The van der Waals surface area contributed by atoms with Crippen LogP contribution in [0.4, 0.5) is 0 Å². The van der Waals surface area contributed by atoms with Crippen molar-refractivity contribution in [3.8, 4) is 10.6 Å². The summed E-state index contributed by atoms with van der Waals surface area (Å²) in [6.45, 7) is 0. The van der Waals surface area contributed by atoms with E-state index in [1.54, 1.807) is 14.1 Å². The molecule has 0 saturated heterocycles. The molecule has 3 aromatic rings. The van der Waals surface area contributed by atoms with Crippen LogP contribution in [-0.4, -0.2) is 44.7 Å². The maximum absolute atomic E-state index is 12.0. The van der Waals surface area contributed by atoms with Crippen LogP contribution >= 0.6 is 27.3 Å². The first-order valence-corrected chi connectivity index (χ1v) is 7.37. The molecule has 6 nitrogen and oxygen atoms in total. The average Bonchev–Trinajstić information content (AvgIpc) is 2.98. The molecular weight excluding hydrogens is 342 g/mol. The third-order valence-electron chi connectivity index (χ3n) is 2.68. The Morgan fingerprint density at radius 3 is 2.60 bits per heavy atom. The van der Waals surface area contributed by atoms with E-state index in [1.807, 2.05) is 24.3 Å². The predicted octanol–water partition coefficient (Wildman–Crippen LogP) is 2.32. The van der Waals surface area contributed by atoms with Crippen LogP contribution in [0.25, 0.3) is 15.5 Å². The Morgan fingerprint density at radius 1 is 1.25 bits per heavy atom. The molecule has 0 aliphatic heterocycles. The number of amides is 1. The number of hydrogen-bond donors (Lipinski definition) is 0. The van der Waals surface area contributed by atoms with Crippen molar-refractivity contribution < 1.29 is 4.79 Å². The largest absolute Gasteiger partial charge is 0.342 e. The van der Waals surface area contributed by atoms with Crippen molar-refractivity contribution >= 4 is 38.1 Å². The topological polar surface area (TPSA) is 63.4 Å². The van der Waals surface area contributed by atoms with E-state index in [0.29, 0.717) is 4.96 Å². The predicted molar refractivity (Wildman–Crippen MR) is 79.8 cm³/mol. The first-order valence-electron chi connectivity index (χ1n) is 5.76. The number of carbonyl (C=O) groups is 1. The number of rotatable bonds is 2. The van der Waals surface area contributed by atoms with Gasteiger partial charge >= 0.3 is 0 Å². The summed E-state index contributed by atoms with van der Waals surface area (Å²) in [6, 6.07) is 7.82. The van der Waals surface area contributed by atoms with Gasteiger partial charge in [-0.25, -0.2) is 0 Å². The van der Waals surface area contributed by atoms with Crippen molar-refractivity contribution in [1.82, 2.24) is 24.7 Å². The summed E-state index contributed by atoms with van der Waals surface area (Å²) in [5.74, 6) is 0.00904. The first-order chi connectivity index (χ1) is 9.56. The average molecular weight is 352 g/mol. The van der Waals surface area contributed by atoms with Gasteiger partial charge in [-0.15, -0.1) is 10.2 Å². The maximum atomic E-state index is 12.0. The quantitative estimate of drug-likeness (QED) is 0.710. The van der Waals surface area contributed by atoms with Gasteiger partial charge in [-0.3, -0.25) is 4.79 Å². The highest BCUT2D eigenvalue weighted by atomic mass is 79.9. The molecule has 0 unspecified atom stereocenters. The van der Waals surface area contributed by atoms with Crippen molar-refractivity contribution in [1.29, 1.82) is 0 Å². The molecule has 0 radical (unpaired) electrons. The zero-order chi connectivity index (χ0) is 14.3. The Hall–Kier alpha value is -1.80. The standard InChI is InChI=1S/C12H10BrN5OS/c1-17(2)11(19)9-14-15-12-18(9)16-10(20-12)7-3-5-8(13)6-4-7/h3-6H,1-2H3. The molecule has 0 spiro atoms. The molecule has 20 heavy (non-hydrogen) atoms. The highest BCUT2D eigenvalue weighted by Crippen LogP contribution is 2.26. The van der Waals surface area contributed by atoms with E-state index >= 15 is 0 Å². The zero-order valence-corrected chi connectivity index (χ0v) is 13.1. The molecule has 0 bridgehead atoms. The van der Waals surface area contributed by atoms with Gasteiger partial charge in [0.2, 0.25) is 10.8 Å². The lowest BCUT2D eigenvalue weighted by Crippen LogP contribution is -2.24. The van der Waals surface area contributed by atoms with Crippen molar-refractivity contribution in [2.75, 3.05) is 14.1 Å². The number of carbonyl (C=O) groups excluding carboxylic acids is 1. The van der Waals surface area contributed by atoms with Crippen LogP contribution in [0.1, 0.15) is 10.6 Å². The Kier molecular flexibility index (Phi) is 3.27. The van der Waals surface area contributed by atoms with Gasteiger partial charge in [-0.1, -0.05) is 39.4 Å². The molecule has 0 atom stereocenters. The molecular formula is C12H10BrN5OS. The highest BCUT2D eigenvalue weighted by molar-refractivity contribution is 9.10. The second-order valence-electron chi connectivity index (χ2n) is 4.33. The number of benzene rings is 1. The lowest BCUT2D eigenvalue weighted by Gasteiger charge is -2.06. The molecule has 8 heteroatoms. The fraction of sp³-hybridized carbons (Fsp3) is 0.167. The third-order valence-corrected chi connectivity index (χ3v) is 4.16. The maximum Gasteiger partial charge on any atom is 0.293 e. The van der Waals surface area contributed by atoms with E-state index in [0.717, 1.165) is 15.0 Å². The number of halogens is 1. The highest BCUT2D eigenvalue weighted by Gasteiger charge is 2.19. The van der Waals surface area contributed by atoms with Crippen LogP contribution in [0.5, 0.6) is 0 Å². The minimum Gasteiger partial charge on any atom is -0.342 e. The molecule has 0 aliphatic carbocycles. The smallest absolute Gasteiger partial charge is 0.293 e. The van der Waals surface area contributed by atoms with E-state index in [9.17, 15) is 4.79 Å². The van der Waals surface area contributed by atoms with E-state index in [4.69, 9.17) is 0 Å². The third kappa shape index (κ3) is 2.20. The minimum atomic E-state index is -0.217. The molecule has 2 heterocycles. The van der Waals surface area contributed by atoms with Crippen LogP contribution in [-0.2, 0) is 0 Å². The molecule has 102 valence electrons. The SMILES string of the molecule is CN(C)C(=O)c1nnc2sc(-c3ccc(Br)cc3)nn12. The molecule has 0 aliphatic rings. The van der Waals surface area contributed by atoms with Gasteiger partial charge in [-0.05, 0) is 12.1 Å². The number of nitrogens with zero attached hydrogens (tertiary/aromatic N) is 5. The van der Waals surface area contributed by atoms with E-state index in [1.165, 1.54) is 20.8 Å². The van der Waals surface area contributed by atoms with Crippen LogP contribution in [0.3, 0.4) is 0 Å². The van der Waals surface area contributed by atoms with Gasteiger partial charge in [0.1, 0.15) is 5.01 Å². The summed E-state index contributed by atoms with van der Waals surface area (Å²) in [4.78, 5) is 14.0. The molecule has 0 saturated carbocycles. The molecule has 2 aromatic heterocycles. The second-order valence-corrected chi connectivity index (χ2v) is 6.20. The van der Waals surface area contributed by atoms with Crippen LogP contribution in [0.15, 0.2) is 28.7 Å². The second kappa shape index (κ2) is 4.95. The van der Waals surface area contributed by atoms with Crippen LogP contribution in [0, 0.1) is 0 Å². The van der Waals surface area contributed by atoms with Gasteiger partial charge in [0.05, 0.1) is 0 Å². The zero-order valence-electron chi connectivity index (χ0n) is 10.7. The van der Waals surface area contributed by atoms with Gasteiger partial charge in [0.15, 0.2) is 0 Å². The van der Waals surface area contributed by atoms with E-state index in [-0.39, 0.29) is 11.7 Å². The lowest BCUT2D eigenvalue weighted by atomic mass is 10.2. The Bertz CT molecular complexity index is 777. The molecule has 1 aromatic carbocycles. The summed E-state index contributed by atoms with van der Waals surface area (Å²) in [7, 11) is 3.34. The van der Waals surface area contributed by atoms with E-state index in [2.05, 4.69) is 31.2 Å². The molecule has 1 amide bonds. The van der Waals surface area contributed by atoms with Crippen LogP contribution < -0.4 is 0 Å². The Balaban J connectivity index is 2.07. The van der Waals surface area contributed by atoms with Gasteiger partial charge in [-0.2, -0.15) is 9.61 Å². The first kappa shape index (κ1) is 13.2. The number of hydrogen-bond acceptors (Lipinski definition) is 5.